The third-order valence-electron chi connectivity index (χ3n) is 3.35. The number of carboxylic acids is 1. The summed E-state index contributed by atoms with van der Waals surface area (Å²) in [5.41, 5.74) is -2.85. The van der Waals surface area contributed by atoms with Gasteiger partial charge in [-0.05, 0) is 24.1 Å². The van der Waals surface area contributed by atoms with E-state index in [9.17, 15) is 31.9 Å². The van der Waals surface area contributed by atoms with Gasteiger partial charge in [-0.2, -0.15) is 13.2 Å². The minimum atomic E-state index is -4.56. The van der Waals surface area contributed by atoms with E-state index in [0.29, 0.717) is 18.6 Å². The highest BCUT2D eigenvalue weighted by molar-refractivity contribution is 5.81. The van der Waals surface area contributed by atoms with Gasteiger partial charge >= 0.3 is 12.1 Å². The van der Waals surface area contributed by atoms with Gasteiger partial charge in [-0.25, -0.2) is 8.78 Å². The SMILES string of the molecule is CCCC(CC(F)F)(C(=O)O)c1ccc(C(F)(F)F)cc1. The number of carbonyl (C=O) groups is 1. The van der Waals surface area contributed by atoms with Crippen LogP contribution in [0.4, 0.5) is 22.0 Å². The summed E-state index contributed by atoms with van der Waals surface area (Å²) >= 11 is 0. The van der Waals surface area contributed by atoms with Gasteiger partial charge in [0, 0.05) is 6.42 Å². The van der Waals surface area contributed by atoms with Gasteiger partial charge in [-0.15, -0.1) is 0 Å². The fourth-order valence-corrected chi connectivity index (χ4v) is 2.35. The van der Waals surface area contributed by atoms with Gasteiger partial charge < -0.3 is 5.11 Å². The molecule has 1 unspecified atom stereocenters. The van der Waals surface area contributed by atoms with E-state index in [0.717, 1.165) is 12.1 Å². The molecule has 0 bridgehead atoms. The van der Waals surface area contributed by atoms with Gasteiger partial charge in [0.25, 0.3) is 0 Å². The number of rotatable bonds is 6. The number of hydrogen-bond acceptors (Lipinski definition) is 1. The molecule has 21 heavy (non-hydrogen) atoms. The van der Waals surface area contributed by atoms with Crippen LogP contribution in [0.25, 0.3) is 0 Å². The van der Waals surface area contributed by atoms with Gasteiger partial charge in [-0.1, -0.05) is 25.5 Å². The van der Waals surface area contributed by atoms with Crippen LogP contribution in [0, 0.1) is 0 Å². The van der Waals surface area contributed by atoms with Crippen molar-refractivity contribution >= 4 is 5.97 Å². The highest BCUT2D eigenvalue weighted by Crippen LogP contribution is 2.38. The van der Waals surface area contributed by atoms with Crippen molar-refractivity contribution < 1.29 is 31.9 Å². The van der Waals surface area contributed by atoms with E-state index in [1.807, 2.05) is 0 Å². The van der Waals surface area contributed by atoms with Crippen molar-refractivity contribution in [2.24, 2.45) is 0 Å². The monoisotopic (exact) mass is 310 g/mol. The summed E-state index contributed by atoms with van der Waals surface area (Å²) in [4.78, 5) is 11.5. The van der Waals surface area contributed by atoms with Crippen LogP contribution in [0.3, 0.4) is 0 Å². The van der Waals surface area contributed by atoms with E-state index in [2.05, 4.69) is 0 Å². The Kier molecular flexibility index (Phi) is 5.31. The molecule has 118 valence electrons. The second-order valence-corrected chi connectivity index (χ2v) is 4.81. The molecule has 1 aromatic carbocycles. The number of benzene rings is 1. The number of halogens is 5. The van der Waals surface area contributed by atoms with Crippen LogP contribution in [-0.2, 0) is 16.4 Å². The molecule has 2 nitrogen and oxygen atoms in total. The molecule has 0 amide bonds. The Hall–Kier alpha value is -1.66. The molecule has 0 saturated carbocycles. The molecular weight excluding hydrogens is 295 g/mol. The molecule has 0 aromatic heterocycles. The largest absolute Gasteiger partial charge is 0.481 e. The Bertz CT molecular complexity index is 481. The van der Waals surface area contributed by atoms with E-state index in [1.54, 1.807) is 6.92 Å². The Balaban J connectivity index is 3.28. The minimum Gasteiger partial charge on any atom is -0.481 e. The molecule has 0 fully saturated rings. The number of carboxylic acid groups (broad SMARTS) is 1. The number of aliphatic carboxylic acids is 1. The van der Waals surface area contributed by atoms with Crippen molar-refractivity contribution in [2.75, 3.05) is 0 Å². The van der Waals surface area contributed by atoms with Crippen LogP contribution in [0.15, 0.2) is 24.3 Å². The number of alkyl halides is 5. The molecule has 0 heterocycles. The maximum atomic E-state index is 12.7. The van der Waals surface area contributed by atoms with E-state index in [-0.39, 0.29) is 12.0 Å². The van der Waals surface area contributed by atoms with E-state index in [4.69, 9.17) is 0 Å². The topological polar surface area (TPSA) is 37.3 Å². The normalized spacial score (nSPS) is 15.0. The summed E-state index contributed by atoms with van der Waals surface area (Å²) in [7, 11) is 0. The summed E-state index contributed by atoms with van der Waals surface area (Å²) < 4.78 is 62.9. The summed E-state index contributed by atoms with van der Waals surface area (Å²) in [5.74, 6) is -1.45. The van der Waals surface area contributed by atoms with Crippen LogP contribution in [0.2, 0.25) is 0 Å². The van der Waals surface area contributed by atoms with E-state index < -0.39 is 36.0 Å². The molecule has 1 rings (SSSR count). The lowest BCUT2D eigenvalue weighted by Gasteiger charge is -2.29. The lowest BCUT2D eigenvalue weighted by atomic mass is 9.74. The number of hydrogen-bond donors (Lipinski definition) is 1. The molecule has 1 atom stereocenters. The molecule has 7 heteroatoms. The predicted octanol–water partition coefficient (Wildman–Crippen LogP) is 4.48. The van der Waals surface area contributed by atoms with Gasteiger partial charge in [0.1, 0.15) is 0 Å². The summed E-state index contributed by atoms with van der Waals surface area (Å²) in [5, 5.41) is 9.33. The molecule has 0 radical (unpaired) electrons. The summed E-state index contributed by atoms with van der Waals surface area (Å²) in [6.07, 6.45) is -8.10. The Labute approximate surface area is 118 Å². The van der Waals surface area contributed by atoms with Crippen LogP contribution in [0.1, 0.15) is 37.3 Å². The highest BCUT2D eigenvalue weighted by atomic mass is 19.4. The van der Waals surface area contributed by atoms with Crippen molar-refractivity contribution in [3.05, 3.63) is 35.4 Å². The molecule has 0 aliphatic rings. The second-order valence-electron chi connectivity index (χ2n) is 4.81. The van der Waals surface area contributed by atoms with Gasteiger partial charge in [0.2, 0.25) is 6.43 Å². The predicted molar refractivity (Wildman–Crippen MR) is 66.3 cm³/mol. The minimum absolute atomic E-state index is 0.0369. The van der Waals surface area contributed by atoms with Crippen LogP contribution >= 0.6 is 0 Å². The van der Waals surface area contributed by atoms with Crippen LogP contribution in [-0.4, -0.2) is 17.5 Å². The fraction of sp³-hybridized carbons (Fsp3) is 0.500. The Morgan fingerprint density at radius 2 is 1.62 bits per heavy atom. The van der Waals surface area contributed by atoms with Crippen molar-refractivity contribution in [3.63, 3.8) is 0 Å². The third kappa shape index (κ3) is 3.92. The Morgan fingerprint density at radius 3 is 1.95 bits per heavy atom. The third-order valence-corrected chi connectivity index (χ3v) is 3.35. The average Bonchev–Trinajstić information content (AvgIpc) is 2.36. The standard InChI is InChI=1S/C14H15F5O2/c1-2-7-13(12(20)21,8-11(15)16)9-3-5-10(6-4-9)14(17,18)19/h3-6,11H,2,7-8H2,1H3,(H,20,21). The molecule has 1 N–H and O–H groups in total. The first-order valence-electron chi connectivity index (χ1n) is 6.32. The molecular formula is C14H15F5O2. The quantitative estimate of drug-likeness (QED) is 0.786. The zero-order chi connectivity index (χ0) is 16.3. The fourth-order valence-electron chi connectivity index (χ4n) is 2.35. The first-order chi connectivity index (χ1) is 9.63. The molecule has 0 spiro atoms. The smallest absolute Gasteiger partial charge is 0.416 e. The maximum absolute atomic E-state index is 12.7. The zero-order valence-electron chi connectivity index (χ0n) is 11.3. The average molecular weight is 310 g/mol. The second kappa shape index (κ2) is 6.41. The van der Waals surface area contributed by atoms with Crippen LogP contribution < -0.4 is 0 Å². The molecule has 0 aliphatic heterocycles. The van der Waals surface area contributed by atoms with Crippen molar-refractivity contribution in [3.8, 4) is 0 Å². The first-order valence-corrected chi connectivity index (χ1v) is 6.32. The lowest BCUT2D eigenvalue weighted by molar-refractivity contribution is -0.146. The highest BCUT2D eigenvalue weighted by Gasteiger charge is 2.42. The van der Waals surface area contributed by atoms with Gasteiger partial charge in [-0.3, -0.25) is 4.79 Å². The van der Waals surface area contributed by atoms with Gasteiger partial charge in [0.15, 0.2) is 0 Å². The first kappa shape index (κ1) is 17.4. The van der Waals surface area contributed by atoms with Crippen LogP contribution in [0.5, 0.6) is 0 Å². The Morgan fingerprint density at radius 1 is 1.14 bits per heavy atom. The van der Waals surface area contributed by atoms with Gasteiger partial charge in [0.05, 0.1) is 11.0 Å². The van der Waals surface area contributed by atoms with Crippen molar-refractivity contribution in [1.29, 1.82) is 0 Å². The molecule has 0 saturated heterocycles. The maximum Gasteiger partial charge on any atom is 0.416 e. The van der Waals surface area contributed by atoms with Crippen molar-refractivity contribution in [1.82, 2.24) is 0 Å². The molecule has 0 aliphatic carbocycles. The lowest BCUT2D eigenvalue weighted by Crippen LogP contribution is -2.37. The molecule has 1 aromatic rings. The van der Waals surface area contributed by atoms with Crippen molar-refractivity contribution in [2.45, 2.75) is 44.2 Å². The summed E-state index contributed by atoms with van der Waals surface area (Å²) in [6.45, 7) is 1.63. The van der Waals surface area contributed by atoms with E-state index >= 15 is 0 Å². The summed E-state index contributed by atoms with van der Waals surface area (Å²) in [6, 6.07) is 3.37. The zero-order valence-corrected chi connectivity index (χ0v) is 11.3. The van der Waals surface area contributed by atoms with E-state index in [1.165, 1.54) is 0 Å².